The van der Waals surface area contributed by atoms with Crippen LogP contribution in [0.4, 0.5) is 0 Å². The number of piperidine rings is 1. The van der Waals surface area contributed by atoms with Gasteiger partial charge in [0.2, 0.25) is 0 Å². The lowest BCUT2D eigenvalue weighted by Gasteiger charge is -2.31. The zero-order valence-corrected chi connectivity index (χ0v) is 13.9. The third kappa shape index (κ3) is 4.04. The molecule has 0 aromatic carbocycles. The van der Waals surface area contributed by atoms with Crippen LogP contribution in [-0.2, 0) is 9.47 Å². The van der Waals surface area contributed by atoms with Crippen LogP contribution in [0.5, 0.6) is 0 Å². The van der Waals surface area contributed by atoms with Gasteiger partial charge in [-0.2, -0.15) is 5.10 Å². The van der Waals surface area contributed by atoms with Crippen LogP contribution in [0, 0.1) is 5.92 Å². The number of carbonyl (C=O) groups is 1. The summed E-state index contributed by atoms with van der Waals surface area (Å²) in [5.74, 6) is 1.14. The molecule has 1 saturated heterocycles. The van der Waals surface area contributed by atoms with Gasteiger partial charge in [0, 0.05) is 32.9 Å². The van der Waals surface area contributed by atoms with Gasteiger partial charge >= 0.3 is 0 Å². The Labute approximate surface area is 140 Å². The Bertz CT molecular complexity index is 630. The minimum absolute atomic E-state index is 0.0391. The number of nitrogens with zero attached hydrogens (tertiary/aromatic N) is 2. The van der Waals surface area contributed by atoms with E-state index in [0.717, 1.165) is 32.5 Å². The first kappa shape index (κ1) is 16.7. The van der Waals surface area contributed by atoms with Gasteiger partial charge < -0.3 is 18.8 Å². The van der Waals surface area contributed by atoms with Crippen LogP contribution in [0.3, 0.4) is 0 Å². The van der Waals surface area contributed by atoms with Crippen molar-refractivity contribution >= 4 is 5.91 Å². The molecule has 1 amide bonds. The minimum atomic E-state index is -0.0391. The van der Waals surface area contributed by atoms with Gasteiger partial charge in [0.1, 0.15) is 5.69 Å². The van der Waals surface area contributed by atoms with Crippen LogP contribution < -0.4 is 0 Å². The normalized spacial score (nSPS) is 15.8. The van der Waals surface area contributed by atoms with E-state index in [1.54, 1.807) is 25.5 Å². The summed E-state index contributed by atoms with van der Waals surface area (Å²) in [6.45, 7) is 3.45. The third-order valence-electron chi connectivity index (χ3n) is 4.27. The Balaban J connectivity index is 1.49. The quantitative estimate of drug-likeness (QED) is 0.786. The van der Waals surface area contributed by atoms with Gasteiger partial charge in [-0.05, 0) is 30.9 Å². The van der Waals surface area contributed by atoms with Gasteiger partial charge in [-0.3, -0.25) is 9.89 Å². The van der Waals surface area contributed by atoms with Gasteiger partial charge in [0.05, 0.1) is 19.5 Å². The van der Waals surface area contributed by atoms with E-state index < -0.39 is 0 Å². The molecule has 7 heteroatoms. The predicted molar refractivity (Wildman–Crippen MR) is 87.6 cm³/mol. The van der Waals surface area contributed by atoms with E-state index >= 15 is 0 Å². The van der Waals surface area contributed by atoms with Crippen LogP contribution in [0.15, 0.2) is 28.9 Å². The summed E-state index contributed by atoms with van der Waals surface area (Å²) >= 11 is 0. The number of nitrogens with one attached hydrogen (secondary N) is 1. The highest BCUT2D eigenvalue weighted by Gasteiger charge is 2.25. The molecule has 1 aliphatic heterocycles. The van der Waals surface area contributed by atoms with Crippen LogP contribution >= 0.6 is 0 Å². The van der Waals surface area contributed by atoms with Crippen molar-refractivity contribution in [1.82, 2.24) is 15.1 Å². The number of methoxy groups -OCH3 is 1. The number of carbonyl (C=O) groups excluding carboxylic acids is 1. The molecule has 0 saturated carbocycles. The number of furan rings is 1. The van der Waals surface area contributed by atoms with E-state index in [9.17, 15) is 4.79 Å². The Kier molecular flexibility index (Phi) is 5.66. The molecule has 0 spiro atoms. The fourth-order valence-electron chi connectivity index (χ4n) is 2.85. The van der Waals surface area contributed by atoms with Crippen molar-refractivity contribution < 1.29 is 18.7 Å². The number of H-pyrrole nitrogens is 1. The molecular formula is C17H23N3O4. The van der Waals surface area contributed by atoms with Gasteiger partial charge in [-0.1, -0.05) is 0 Å². The highest BCUT2D eigenvalue weighted by molar-refractivity contribution is 5.93. The summed E-state index contributed by atoms with van der Waals surface area (Å²) in [6.07, 6.45) is 3.50. The zero-order valence-electron chi connectivity index (χ0n) is 13.9. The van der Waals surface area contributed by atoms with Crippen molar-refractivity contribution in [3.8, 4) is 11.5 Å². The van der Waals surface area contributed by atoms with E-state index in [1.165, 1.54) is 0 Å². The maximum atomic E-state index is 12.6. The third-order valence-corrected chi connectivity index (χ3v) is 4.27. The van der Waals surface area contributed by atoms with Crippen molar-refractivity contribution in [1.29, 1.82) is 0 Å². The van der Waals surface area contributed by atoms with Crippen molar-refractivity contribution in [2.24, 2.45) is 5.92 Å². The van der Waals surface area contributed by atoms with E-state index in [-0.39, 0.29) is 5.91 Å². The first-order valence-corrected chi connectivity index (χ1v) is 8.23. The predicted octanol–water partition coefficient (Wildman–Crippen LogP) is 2.18. The molecule has 1 N–H and O–H groups in total. The summed E-state index contributed by atoms with van der Waals surface area (Å²) in [7, 11) is 1.67. The molecule has 0 bridgehead atoms. The van der Waals surface area contributed by atoms with E-state index in [0.29, 0.717) is 36.3 Å². The van der Waals surface area contributed by atoms with Crippen molar-refractivity contribution in [3.05, 3.63) is 30.2 Å². The molecule has 3 heterocycles. The molecule has 7 nitrogen and oxygen atoms in total. The zero-order chi connectivity index (χ0) is 16.8. The molecule has 1 fully saturated rings. The second-order valence-electron chi connectivity index (χ2n) is 5.95. The summed E-state index contributed by atoms with van der Waals surface area (Å²) in [6, 6.07) is 5.37. The highest BCUT2D eigenvalue weighted by Crippen LogP contribution is 2.21. The molecule has 0 aliphatic carbocycles. The molecule has 3 rings (SSSR count). The lowest BCUT2D eigenvalue weighted by atomic mass is 9.97. The van der Waals surface area contributed by atoms with Crippen molar-refractivity contribution in [2.45, 2.75) is 12.8 Å². The van der Waals surface area contributed by atoms with Gasteiger partial charge in [-0.15, -0.1) is 0 Å². The van der Waals surface area contributed by atoms with E-state index in [2.05, 4.69) is 10.2 Å². The van der Waals surface area contributed by atoms with Gasteiger partial charge in [-0.25, -0.2) is 0 Å². The number of likely N-dealkylation sites (tertiary alicyclic amines) is 1. The Morgan fingerprint density at radius 3 is 2.96 bits per heavy atom. The fourth-order valence-corrected chi connectivity index (χ4v) is 2.85. The van der Waals surface area contributed by atoms with Crippen LogP contribution in [0.25, 0.3) is 11.5 Å². The first-order chi connectivity index (χ1) is 11.8. The number of ether oxygens (including phenoxy) is 2. The van der Waals surface area contributed by atoms with Gasteiger partial charge in [0.25, 0.3) is 5.91 Å². The largest absolute Gasteiger partial charge is 0.463 e. The SMILES string of the molecule is COCCOCC1CCN(C(=O)c2cc(-c3ccco3)[nH]n2)CC1. The summed E-state index contributed by atoms with van der Waals surface area (Å²) in [4.78, 5) is 14.4. The molecule has 130 valence electrons. The number of rotatable bonds is 7. The van der Waals surface area contributed by atoms with Crippen LogP contribution in [0.2, 0.25) is 0 Å². The Morgan fingerprint density at radius 1 is 1.42 bits per heavy atom. The van der Waals surface area contributed by atoms with E-state index in [4.69, 9.17) is 13.9 Å². The molecule has 1 aliphatic rings. The fraction of sp³-hybridized carbons (Fsp3) is 0.529. The molecule has 2 aromatic heterocycles. The first-order valence-electron chi connectivity index (χ1n) is 8.23. The average Bonchev–Trinajstić information content (AvgIpc) is 3.29. The summed E-state index contributed by atoms with van der Waals surface area (Å²) in [5, 5.41) is 6.98. The number of hydrogen-bond donors (Lipinski definition) is 1. The topological polar surface area (TPSA) is 80.6 Å². The molecule has 2 aromatic rings. The Hall–Kier alpha value is -2.12. The number of aromatic amines is 1. The summed E-state index contributed by atoms with van der Waals surface area (Å²) < 4.78 is 15.9. The molecule has 0 radical (unpaired) electrons. The van der Waals surface area contributed by atoms with Crippen molar-refractivity contribution in [2.75, 3.05) is 40.0 Å². The van der Waals surface area contributed by atoms with Gasteiger partial charge in [0.15, 0.2) is 11.5 Å². The average molecular weight is 333 g/mol. The monoisotopic (exact) mass is 333 g/mol. The number of aromatic nitrogens is 2. The summed E-state index contributed by atoms with van der Waals surface area (Å²) in [5.41, 5.74) is 1.14. The molecule has 0 atom stereocenters. The number of hydrogen-bond acceptors (Lipinski definition) is 5. The van der Waals surface area contributed by atoms with Crippen molar-refractivity contribution in [3.63, 3.8) is 0 Å². The Morgan fingerprint density at radius 2 is 2.25 bits per heavy atom. The maximum Gasteiger partial charge on any atom is 0.274 e. The molecule has 0 unspecified atom stereocenters. The lowest BCUT2D eigenvalue weighted by molar-refractivity contribution is 0.0326. The van der Waals surface area contributed by atoms with Crippen LogP contribution in [0.1, 0.15) is 23.3 Å². The number of amides is 1. The second kappa shape index (κ2) is 8.12. The molecule has 24 heavy (non-hydrogen) atoms. The maximum absolute atomic E-state index is 12.6. The minimum Gasteiger partial charge on any atom is -0.463 e. The highest BCUT2D eigenvalue weighted by atomic mass is 16.5. The van der Waals surface area contributed by atoms with E-state index in [1.807, 2.05) is 11.0 Å². The van der Waals surface area contributed by atoms with Crippen LogP contribution in [-0.4, -0.2) is 61.0 Å². The molecular weight excluding hydrogens is 310 g/mol. The lowest BCUT2D eigenvalue weighted by Crippen LogP contribution is -2.39. The second-order valence-corrected chi connectivity index (χ2v) is 5.95. The smallest absolute Gasteiger partial charge is 0.274 e. The standard InChI is InChI=1S/C17H23N3O4/c1-22-9-10-23-12-13-4-6-20(7-5-13)17(21)15-11-14(18-19-15)16-3-2-8-24-16/h2-3,8,11,13H,4-7,9-10,12H2,1H3,(H,18,19).